The zero-order valence-corrected chi connectivity index (χ0v) is 11.9. The van der Waals surface area contributed by atoms with Crippen LogP contribution in [0.1, 0.15) is 33.1 Å². The standard InChI is InChI=1S/C14H24N2O3/c1-4-9-15(6-3)13(19)16-10-7-14(5-2,8-11-16)12(17)18/h4H,1,5-11H2,2-3H3,(H,17,18). The van der Waals surface area contributed by atoms with Gasteiger partial charge >= 0.3 is 12.0 Å². The molecule has 1 heterocycles. The van der Waals surface area contributed by atoms with E-state index in [1.807, 2.05) is 13.8 Å². The monoisotopic (exact) mass is 268 g/mol. The van der Waals surface area contributed by atoms with E-state index in [4.69, 9.17) is 0 Å². The first kappa shape index (κ1) is 15.5. The van der Waals surface area contributed by atoms with E-state index in [-0.39, 0.29) is 6.03 Å². The smallest absolute Gasteiger partial charge is 0.320 e. The lowest BCUT2D eigenvalue weighted by molar-refractivity contribution is -0.152. The van der Waals surface area contributed by atoms with Gasteiger partial charge in [0.05, 0.1) is 5.41 Å². The van der Waals surface area contributed by atoms with E-state index in [2.05, 4.69) is 6.58 Å². The number of urea groups is 1. The zero-order chi connectivity index (χ0) is 14.5. The lowest BCUT2D eigenvalue weighted by Crippen LogP contribution is -2.50. The van der Waals surface area contributed by atoms with Gasteiger partial charge in [-0.15, -0.1) is 6.58 Å². The van der Waals surface area contributed by atoms with Crippen LogP contribution >= 0.6 is 0 Å². The van der Waals surface area contributed by atoms with Crippen LogP contribution < -0.4 is 0 Å². The molecule has 0 spiro atoms. The van der Waals surface area contributed by atoms with Gasteiger partial charge in [-0.2, -0.15) is 0 Å². The van der Waals surface area contributed by atoms with Crippen molar-refractivity contribution in [3.05, 3.63) is 12.7 Å². The van der Waals surface area contributed by atoms with Gasteiger partial charge in [0, 0.05) is 26.2 Å². The van der Waals surface area contributed by atoms with Crippen molar-refractivity contribution in [3.8, 4) is 0 Å². The van der Waals surface area contributed by atoms with Crippen molar-refractivity contribution in [1.82, 2.24) is 9.80 Å². The number of hydrogen-bond donors (Lipinski definition) is 1. The molecule has 0 aliphatic carbocycles. The van der Waals surface area contributed by atoms with Crippen LogP contribution in [0, 0.1) is 5.41 Å². The minimum absolute atomic E-state index is 0.0162. The van der Waals surface area contributed by atoms with Crippen molar-refractivity contribution in [2.75, 3.05) is 26.2 Å². The molecule has 1 N–H and O–H groups in total. The molecule has 108 valence electrons. The van der Waals surface area contributed by atoms with E-state index in [0.717, 1.165) is 0 Å². The maximum absolute atomic E-state index is 12.2. The van der Waals surface area contributed by atoms with Gasteiger partial charge in [0.2, 0.25) is 0 Å². The van der Waals surface area contributed by atoms with Crippen molar-refractivity contribution in [1.29, 1.82) is 0 Å². The lowest BCUT2D eigenvalue weighted by atomic mass is 9.76. The summed E-state index contributed by atoms with van der Waals surface area (Å²) in [5, 5.41) is 9.33. The van der Waals surface area contributed by atoms with E-state index in [0.29, 0.717) is 45.4 Å². The fourth-order valence-electron chi connectivity index (χ4n) is 2.54. The molecule has 5 nitrogen and oxygen atoms in total. The third kappa shape index (κ3) is 3.28. The summed E-state index contributed by atoms with van der Waals surface area (Å²) < 4.78 is 0. The molecule has 1 aliphatic heterocycles. The summed E-state index contributed by atoms with van der Waals surface area (Å²) in [4.78, 5) is 27.1. The molecule has 0 bridgehead atoms. The Bertz CT molecular complexity index is 347. The molecule has 1 fully saturated rings. The second-order valence-electron chi connectivity index (χ2n) is 5.04. The minimum Gasteiger partial charge on any atom is -0.481 e. The van der Waals surface area contributed by atoms with Crippen LogP contribution in [-0.4, -0.2) is 53.1 Å². The van der Waals surface area contributed by atoms with Gasteiger partial charge in [-0.1, -0.05) is 13.0 Å². The number of nitrogens with zero attached hydrogens (tertiary/aromatic N) is 2. The van der Waals surface area contributed by atoms with Crippen molar-refractivity contribution in [3.63, 3.8) is 0 Å². The molecule has 1 saturated heterocycles. The van der Waals surface area contributed by atoms with Gasteiger partial charge < -0.3 is 14.9 Å². The molecule has 0 aromatic heterocycles. The van der Waals surface area contributed by atoms with Gasteiger partial charge in [-0.25, -0.2) is 4.79 Å². The van der Waals surface area contributed by atoms with Crippen LogP contribution in [-0.2, 0) is 4.79 Å². The lowest BCUT2D eigenvalue weighted by Gasteiger charge is -2.40. The maximum atomic E-state index is 12.2. The zero-order valence-electron chi connectivity index (χ0n) is 11.9. The topological polar surface area (TPSA) is 60.9 Å². The summed E-state index contributed by atoms with van der Waals surface area (Å²) in [6, 6.07) is -0.0162. The van der Waals surface area contributed by atoms with Gasteiger partial charge in [0.15, 0.2) is 0 Å². The quantitative estimate of drug-likeness (QED) is 0.777. The number of piperidine rings is 1. The first-order valence-electron chi connectivity index (χ1n) is 6.89. The molecule has 1 rings (SSSR count). The molecule has 0 unspecified atom stereocenters. The molecule has 0 aromatic rings. The Labute approximate surface area is 114 Å². The van der Waals surface area contributed by atoms with E-state index in [1.165, 1.54) is 0 Å². The Balaban J connectivity index is 2.64. The van der Waals surface area contributed by atoms with Gasteiger partial charge in [-0.3, -0.25) is 4.79 Å². The number of carbonyl (C=O) groups excluding carboxylic acids is 1. The summed E-state index contributed by atoms with van der Waals surface area (Å²) in [7, 11) is 0. The van der Waals surface area contributed by atoms with Crippen LogP contribution in [0.5, 0.6) is 0 Å². The third-order valence-corrected chi connectivity index (χ3v) is 4.12. The average molecular weight is 268 g/mol. The largest absolute Gasteiger partial charge is 0.481 e. The second-order valence-corrected chi connectivity index (χ2v) is 5.04. The first-order chi connectivity index (χ1) is 9.00. The number of amides is 2. The van der Waals surface area contributed by atoms with Crippen LogP contribution in [0.25, 0.3) is 0 Å². The van der Waals surface area contributed by atoms with E-state index < -0.39 is 11.4 Å². The van der Waals surface area contributed by atoms with Crippen LogP contribution in [0.15, 0.2) is 12.7 Å². The number of hydrogen-bond acceptors (Lipinski definition) is 2. The number of carboxylic acids is 1. The summed E-state index contributed by atoms with van der Waals surface area (Å²) in [5.41, 5.74) is -0.647. The van der Waals surface area contributed by atoms with Crippen LogP contribution in [0.2, 0.25) is 0 Å². The maximum Gasteiger partial charge on any atom is 0.320 e. The Morgan fingerprint density at radius 3 is 2.32 bits per heavy atom. The summed E-state index contributed by atoms with van der Waals surface area (Å²) >= 11 is 0. The normalized spacial score (nSPS) is 17.9. The summed E-state index contributed by atoms with van der Waals surface area (Å²) in [5.74, 6) is -0.736. The van der Waals surface area contributed by atoms with E-state index in [9.17, 15) is 14.7 Å². The highest BCUT2D eigenvalue weighted by Gasteiger charge is 2.41. The SMILES string of the molecule is C=CCN(CC)C(=O)N1CCC(CC)(C(=O)O)CC1. The van der Waals surface area contributed by atoms with Crippen molar-refractivity contribution in [2.45, 2.75) is 33.1 Å². The molecule has 0 radical (unpaired) electrons. The highest BCUT2D eigenvalue weighted by Crippen LogP contribution is 2.35. The molecule has 1 aliphatic rings. The Hall–Kier alpha value is -1.52. The summed E-state index contributed by atoms with van der Waals surface area (Å²) in [6.45, 7) is 9.69. The van der Waals surface area contributed by atoms with E-state index >= 15 is 0 Å². The molecule has 2 amide bonds. The summed E-state index contributed by atoms with van der Waals surface area (Å²) in [6.07, 6.45) is 3.40. The highest BCUT2D eigenvalue weighted by molar-refractivity contribution is 5.77. The number of likely N-dealkylation sites (tertiary alicyclic amines) is 1. The van der Waals surface area contributed by atoms with E-state index in [1.54, 1.807) is 15.9 Å². The molecule has 0 atom stereocenters. The third-order valence-electron chi connectivity index (χ3n) is 4.12. The number of likely N-dealkylation sites (N-methyl/N-ethyl adjacent to an activating group) is 1. The van der Waals surface area contributed by atoms with Gasteiger partial charge in [-0.05, 0) is 26.2 Å². The second kappa shape index (κ2) is 6.59. The predicted octanol–water partition coefficient (Wildman–Crippen LogP) is 2.19. The van der Waals surface area contributed by atoms with Crippen LogP contribution in [0.3, 0.4) is 0 Å². The Kier molecular flexibility index (Phi) is 5.39. The first-order valence-corrected chi connectivity index (χ1v) is 6.89. The van der Waals surface area contributed by atoms with Crippen molar-refractivity contribution < 1.29 is 14.7 Å². The predicted molar refractivity (Wildman–Crippen MR) is 74.0 cm³/mol. The number of aliphatic carboxylic acids is 1. The fraction of sp³-hybridized carbons (Fsp3) is 0.714. The Morgan fingerprint density at radius 1 is 1.37 bits per heavy atom. The minimum atomic E-state index is -0.736. The molecule has 0 saturated carbocycles. The average Bonchev–Trinajstić information content (AvgIpc) is 2.43. The number of carbonyl (C=O) groups is 2. The van der Waals surface area contributed by atoms with Crippen molar-refractivity contribution >= 4 is 12.0 Å². The van der Waals surface area contributed by atoms with Gasteiger partial charge in [0.1, 0.15) is 0 Å². The molecule has 5 heteroatoms. The number of carboxylic acid groups (broad SMARTS) is 1. The highest BCUT2D eigenvalue weighted by atomic mass is 16.4. The molecular formula is C14H24N2O3. The molecular weight excluding hydrogens is 244 g/mol. The number of rotatable bonds is 5. The van der Waals surface area contributed by atoms with Gasteiger partial charge in [0.25, 0.3) is 0 Å². The molecule has 19 heavy (non-hydrogen) atoms. The van der Waals surface area contributed by atoms with Crippen molar-refractivity contribution in [2.24, 2.45) is 5.41 Å². The fourth-order valence-corrected chi connectivity index (χ4v) is 2.54. The van der Waals surface area contributed by atoms with Crippen LogP contribution in [0.4, 0.5) is 4.79 Å². The Morgan fingerprint density at radius 2 is 1.95 bits per heavy atom. The molecule has 0 aromatic carbocycles.